The quantitative estimate of drug-likeness (QED) is 0.0356. The highest BCUT2D eigenvalue weighted by Crippen LogP contribution is 2.52. The van der Waals surface area contributed by atoms with Crippen LogP contribution in [0.1, 0.15) is 147 Å². The third-order valence-electron chi connectivity index (χ3n) is 14.4. The first-order valence-corrected chi connectivity index (χ1v) is 30.5. The van der Waals surface area contributed by atoms with E-state index in [0.29, 0.717) is 41.3 Å². The van der Waals surface area contributed by atoms with E-state index < -0.39 is 78.0 Å². The zero-order chi connectivity index (χ0) is 55.2. The number of aliphatic hydroxyl groups excluding tert-OH is 2. The van der Waals surface area contributed by atoms with Gasteiger partial charge in [-0.15, -0.1) is 0 Å². The van der Waals surface area contributed by atoms with E-state index >= 15 is 8.78 Å². The number of ether oxygens (including phenoxy) is 3. The van der Waals surface area contributed by atoms with Gasteiger partial charge in [-0.1, -0.05) is 101 Å². The number of unbranched alkanes of at least 4 members (excludes halogenated alkanes) is 5. The lowest BCUT2D eigenvalue weighted by atomic mass is 9.98. The van der Waals surface area contributed by atoms with Crippen LogP contribution in [-0.4, -0.2) is 148 Å². The number of aromatic nitrogens is 8. The van der Waals surface area contributed by atoms with Crippen molar-refractivity contribution in [3.63, 3.8) is 0 Å². The highest BCUT2D eigenvalue weighted by atomic mass is 28.5. The molecule has 3 fully saturated rings. The van der Waals surface area contributed by atoms with E-state index in [1.54, 1.807) is 18.7 Å². The number of alkyl halides is 2. The summed E-state index contributed by atoms with van der Waals surface area (Å²) in [7, 11) is -2.59. The molecule has 0 saturated carbocycles. The maximum atomic E-state index is 17.4. The highest BCUT2D eigenvalue weighted by Gasteiger charge is 2.65. The lowest BCUT2D eigenvalue weighted by Gasteiger charge is -2.51. The molecule has 3 saturated heterocycles. The van der Waals surface area contributed by atoms with Crippen LogP contribution in [0.4, 0.5) is 37.1 Å². The highest BCUT2D eigenvalue weighted by molar-refractivity contribution is 6.84. The molecule has 3 aliphatic heterocycles. The predicted molar refractivity (Wildman–Crippen MR) is 285 cm³/mol. The summed E-state index contributed by atoms with van der Waals surface area (Å²) < 4.78 is 73.9. The molecule has 3 aliphatic rings. The standard InChI is InChI=1S/C30H53FN6O6Si2.C19H29FN6O4/c1-12-13-14-15-39-29(38)36-28-34-25(32-11)23-26(35-28)37(17-33-23)27-30(10,31)24-22(41-27)16-40-44(18(2)3,19(4)5)43-45(42-24,20(6)7)21(8)9;1-4-5-6-7-8-12(28)23-18-24-15(21-3)13-16(25-18)26(10-22-13)17-19(2,20)14(29)11(9-27)30-17/h17-22,24,27H,12-16H2,1-11H3,(H2,32,34,35,36,38);10-11,14,17,27,29H,4-9H2,1-3H3,(H2,21,23,24,25,28)/t22-,24-,27-,30-;11-,14-,17-,19-/m11/s1. The average molecular weight is 1090 g/mol. The van der Waals surface area contributed by atoms with Gasteiger partial charge in [-0.3, -0.25) is 24.6 Å². The normalized spacial score (nSPS) is 26.3. The number of carbonyl (C=O) groups excluding carboxylic acids is 2. The van der Waals surface area contributed by atoms with Crippen molar-refractivity contribution in [3.8, 4) is 0 Å². The first kappa shape index (κ1) is 59.7. The van der Waals surface area contributed by atoms with Crippen LogP contribution >= 0.6 is 0 Å². The maximum Gasteiger partial charge on any atom is 0.414 e. The van der Waals surface area contributed by atoms with Gasteiger partial charge in [-0.2, -0.15) is 19.9 Å². The molecule has 6 N–H and O–H groups in total. The molecule has 8 atom stereocenters. The van der Waals surface area contributed by atoms with Gasteiger partial charge in [0.2, 0.25) is 17.8 Å². The molecule has 0 spiro atoms. The van der Waals surface area contributed by atoms with Gasteiger partial charge in [0.1, 0.15) is 24.4 Å². The minimum Gasteiger partial charge on any atom is -0.449 e. The molecular formula is C49H82F2N12O10Si2. The molecule has 7 heterocycles. The van der Waals surface area contributed by atoms with Crippen molar-refractivity contribution in [2.75, 3.05) is 55.2 Å². The first-order chi connectivity index (χ1) is 35.5. The molecule has 4 aromatic heterocycles. The van der Waals surface area contributed by atoms with E-state index in [9.17, 15) is 19.8 Å². The molecule has 75 heavy (non-hydrogen) atoms. The molecule has 26 heteroatoms. The summed E-state index contributed by atoms with van der Waals surface area (Å²) in [6, 6.07) is 0. The van der Waals surface area contributed by atoms with Crippen LogP contribution in [0.5, 0.6) is 0 Å². The molecule has 22 nitrogen and oxygen atoms in total. The average Bonchev–Trinajstić information content (AvgIpc) is 4.08. The van der Waals surface area contributed by atoms with Gasteiger partial charge in [-0.05, 0) is 48.9 Å². The Balaban J connectivity index is 0.000000264. The second-order valence-electron chi connectivity index (χ2n) is 21.3. The van der Waals surface area contributed by atoms with Crippen molar-refractivity contribution in [1.29, 1.82) is 0 Å². The van der Waals surface area contributed by atoms with Crippen LogP contribution in [0, 0.1) is 0 Å². The number of carbonyl (C=O) groups is 2. The lowest BCUT2D eigenvalue weighted by molar-refractivity contribution is -0.116. The summed E-state index contributed by atoms with van der Waals surface area (Å²) in [6.07, 6.45) is 2.52. The maximum absolute atomic E-state index is 17.4. The van der Waals surface area contributed by atoms with Crippen molar-refractivity contribution < 1.29 is 55.8 Å². The van der Waals surface area contributed by atoms with Crippen LogP contribution < -0.4 is 21.3 Å². The summed E-state index contributed by atoms with van der Waals surface area (Å²) in [5, 5.41) is 30.7. The van der Waals surface area contributed by atoms with Gasteiger partial charge >= 0.3 is 23.2 Å². The summed E-state index contributed by atoms with van der Waals surface area (Å²) in [5.74, 6) is 0.585. The number of nitrogens with one attached hydrogen (secondary N) is 4. The number of anilines is 4. The number of halogens is 2. The number of hydrogen-bond donors (Lipinski definition) is 6. The largest absolute Gasteiger partial charge is 0.449 e. The van der Waals surface area contributed by atoms with Crippen molar-refractivity contribution in [2.24, 2.45) is 0 Å². The summed E-state index contributed by atoms with van der Waals surface area (Å²) in [5.41, 5.74) is -2.54. The SMILES string of the molecule is CCCCCCC(=O)Nc1nc(NC)c2ncn([C@@H]3O[C@H](CO)[C@@H](O)[C@@]3(C)F)c2n1.CCCCCOC(=O)Nc1nc(NC)c2ncn([C@@H]3O[C@@H]4CO[Si](C(C)C)(C(C)C)O[Si](C(C)C)(C(C)C)O[C@H]4[C@@]3(C)F)c2n1. The molecule has 420 valence electrons. The fraction of sp³-hybridized carbons (Fsp3) is 0.755. The summed E-state index contributed by atoms with van der Waals surface area (Å²) >= 11 is 0. The number of imidazole rings is 2. The zero-order valence-electron chi connectivity index (χ0n) is 46.2. The number of aliphatic hydroxyl groups is 2. The monoisotopic (exact) mass is 1090 g/mol. The van der Waals surface area contributed by atoms with E-state index in [4.69, 9.17) is 27.2 Å². The predicted octanol–water partition coefficient (Wildman–Crippen LogP) is 8.94. The minimum atomic E-state index is -3.09. The van der Waals surface area contributed by atoms with Crippen molar-refractivity contribution >= 4 is 75.0 Å². The van der Waals surface area contributed by atoms with E-state index in [2.05, 4.69) is 120 Å². The Morgan fingerprint density at radius 1 is 0.760 bits per heavy atom. The number of nitrogens with zero attached hydrogens (tertiary/aromatic N) is 8. The van der Waals surface area contributed by atoms with E-state index in [1.807, 2.05) is 0 Å². The third kappa shape index (κ3) is 12.3. The van der Waals surface area contributed by atoms with Gasteiger partial charge in [-0.25, -0.2) is 23.5 Å². The fourth-order valence-electron chi connectivity index (χ4n) is 10.2. The number of hydrogen-bond acceptors (Lipinski definition) is 18. The molecule has 0 radical (unpaired) electrons. The molecule has 0 aromatic carbocycles. The van der Waals surface area contributed by atoms with Gasteiger partial charge < -0.3 is 48.0 Å². The van der Waals surface area contributed by atoms with Crippen LogP contribution in [0.25, 0.3) is 22.3 Å². The molecule has 2 amide bonds. The Hall–Kier alpha value is -4.55. The van der Waals surface area contributed by atoms with Gasteiger partial charge in [0.25, 0.3) is 0 Å². The number of fused-ring (bicyclic) bond motifs is 3. The second-order valence-corrected chi connectivity index (χ2v) is 30.1. The van der Waals surface area contributed by atoms with Crippen LogP contribution in [0.3, 0.4) is 0 Å². The topological polar surface area (TPSA) is 265 Å². The number of amides is 2. The Morgan fingerprint density at radius 2 is 1.28 bits per heavy atom. The molecule has 4 aromatic rings. The Bertz CT molecular complexity index is 2540. The Labute approximate surface area is 441 Å². The van der Waals surface area contributed by atoms with Gasteiger partial charge in [0.15, 0.2) is 57.8 Å². The summed E-state index contributed by atoms with van der Waals surface area (Å²) in [4.78, 5) is 51.0. The van der Waals surface area contributed by atoms with E-state index in [-0.39, 0.29) is 52.2 Å². The van der Waals surface area contributed by atoms with Crippen LogP contribution in [0.15, 0.2) is 12.7 Å². The molecular weight excluding hydrogens is 1010 g/mol. The first-order valence-electron chi connectivity index (χ1n) is 26.5. The second kappa shape index (κ2) is 24.8. The molecule has 0 aliphatic carbocycles. The van der Waals surface area contributed by atoms with E-state index in [1.165, 1.54) is 31.1 Å². The third-order valence-corrected chi connectivity index (χ3v) is 24.7. The minimum absolute atomic E-state index is 0.00217. The Morgan fingerprint density at radius 3 is 1.77 bits per heavy atom. The van der Waals surface area contributed by atoms with Gasteiger partial charge in [0.05, 0.1) is 32.5 Å². The van der Waals surface area contributed by atoms with Crippen molar-refractivity contribution in [1.82, 2.24) is 39.0 Å². The number of rotatable bonds is 20. The summed E-state index contributed by atoms with van der Waals surface area (Å²) in [6.45, 7) is 23.8. The van der Waals surface area contributed by atoms with Crippen LogP contribution in [0.2, 0.25) is 22.2 Å². The van der Waals surface area contributed by atoms with Crippen molar-refractivity contribution in [2.45, 2.75) is 205 Å². The van der Waals surface area contributed by atoms with Gasteiger partial charge in [0, 0.05) is 20.5 Å². The fourth-order valence-corrected chi connectivity index (χ4v) is 21.5. The van der Waals surface area contributed by atoms with Crippen LogP contribution in [-0.2, 0) is 32.0 Å². The molecule has 0 bridgehead atoms. The molecule has 0 unspecified atom stereocenters. The lowest BCUT2D eigenvalue weighted by Crippen LogP contribution is -2.66. The smallest absolute Gasteiger partial charge is 0.414 e. The van der Waals surface area contributed by atoms with Crippen molar-refractivity contribution in [3.05, 3.63) is 12.7 Å². The molecule has 7 rings (SSSR count). The zero-order valence-corrected chi connectivity index (χ0v) is 48.2. The Kier molecular flexibility index (Phi) is 19.8. The van der Waals surface area contributed by atoms with E-state index in [0.717, 1.165) is 44.9 Å².